The van der Waals surface area contributed by atoms with E-state index in [1.54, 1.807) is 4.90 Å². The number of allylic oxidation sites excluding steroid dienone is 1. The van der Waals surface area contributed by atoms with E-state index in [2.05, 4.69) is 50.8 Å². The molecule has 3 aliphatic heterocycles. The van der Waals surface area contributed by atoms with Crippen LogP contribution < -0.4 is 0 Å². The van der Waals surface area contributed by atoms with Gasteiger partial charge in [0.1, 0.15) is 0 Å². The van der Waals surface area contributed by atoms with Gasteiger partial charge in [-0.25, -0.2) is 0 Å². The summed E-state index contributed by atoms with van der Waals surface area (Å²) in [5, 5.41) is 9.35. The van der Waals surface area contributed by atoms with E-state index in [0.717, 1.165) is 72.0 Å². The van der Waals surface area contributed by atoms with Crippen molar-refractivity contribution < 1.29 is 19.4 Å². The number of fused-ring (bicyclic) bond motifs is 2. The van der Waals surface area contributed by atoms with Crippen molar-refractivity contribution in [2.24, 2.45) is 5.92 Å². The Morgan fingerprint density at radius 1 is 1.03 bits per heavy atom. The molecular weight excluding hydrogens is 476 g/mol. The number of rotatable bonds is 8. The summed E-state index contributed by atoms with van der Waals surface area (Å²) in [7, 11) is 0. The first-order valence-electron chi connectivity index (χ1n) is 14.1. The fourth-order valence-corrected chi connectivity index (χ4v) is 6.11. The second-order valence-corrected chi connectivity index (χ2v) is 11.4. The smallest absolute Gasteiger partial charge is 0.254 e. The van der Waals surface area contributed by atoms with Gasteiger partial charge in [0.05, 0.1) is 19.3 Å². The van der Waals surface area contributed by atoms with Gasteiger partial charge < -0.3 is 19.6 Å². The summed E-state index contributed by atoms with van der Waals surface area (Å²) in [4.78, 5) is 30.0. The average molecular weight is 517 g/mol. The molecule has 1 N–H and O–H groups in total. The van der Waals surface area contributed by atoms with E-state index >= 15 is 0 Å². The number of ether oxygens (including phenoxy) is 1. The van der Waals surface area contributed by atoms with Crippen LogP contribution >= 0.6 is 0 Å². The highest BCUT2D eigenvalue weighted by Gasteiger charge is 2.32. The Hall–Kier alpha value is -2.96. The number of aliphatic hydroxyl groups is 1. The molecular formula is C32H40N2O4. The molecule has 0 spiro atoms. The van der Waals surface area contributed by atoms with Crippen LogP contribution in [0.5, 0.6) is 0 Å². The van der Waals surface area contributed by atoms with E-state index in [0.29, 0.717) is 38.1 Å². The first-order chi connectivity index (χ1) is 18.3. The SMILES string of the molecule is C=C(CC1COC(CN2CCc3ccc(C(C)C)cc3C2=O)C1)c1ccc2c(c1)C(=O)N(CCO)CCC2. The number of benzene rings is 2. The molecule has 3 heterocycles. The molecule has 2 amide bonds. The van der Waals surface area contributed by atoms with Crippen molar-refractivity contribution in [3.05, 3.63) is 76.4 Å². The molecule has 2 aromatic rings. The summed E-state index contributed by atoms with van der Waals surface area (Å²) in [5.74, 6) is 0.856. The molecule has 2 unspecified atom stereocenters. The number of carbonyl (C=O) groups excluding carboxylic acids is 2. The highest BCUT2D eigenvalue weighted by atomic mass is 16.5. The van der Waals surface area contributed by atoms with Crippen molar-refractivity contribution in [3.8, 4) is 0 Å². The maximum Gasteiger partial charge on any atom is 0.254 e. The number of hydrogen-bond acceptors (Lipinski definition) is 4. The summed E-state index contributed by atoms with van der Waals surface area (Å²) >= 11 is 0. The Morgan fingerprint density at radius 2 is 1.76 bits per heavy atom. The quantitative estimate of drug-likeness (QED) is 0.552. The van der Waals surface area contributed by atoms with E-state index in [4.69, 9.17) is 4.74 Å². The van der Waals surface area contributed by atoms with Gasteiger partial charge >= 0.3 is 0 Å². The van der Waals surface area contributed by atoms with Gasteiger partial charge in [0.15, 0.2) is 0 Å². The number of nitrogens with zero attached hydrogens (tertiary/aromatic N) is 2. The molecule has 0 aromatic heterocycles. The standard InChI is InChI=1S/C32H40N2O4/c1-21(2)26-8-6-25-10-12-34(32(37)29(25)17-26)19-28-16-23(20-38-28)15-22(3)27-9-7-24-5-4-11-33(13-14-35)31(36)30(24)18-27/h6-9,17-18,21,23,28,35H,3-5,10-16,19-20H2,1-2H3. The van der Waals surface area contributed by atoms with Gasteiger partial charge in [-0.3, -0.25) is 9.59 Å². The van der Waals surface area contributed by atoms with Crippen LogP contribution in [0.15, 0.2) is 43.0 Å². The molecule has 3 aliphatic rings. The van der Waals surface area contributed by atoms with Crippen LogP contribution in [0, 0.1) is 5.92 Å². The van der Waals surface area contributed by atoms with Gasteiger partial charge in [-0.15, -0.1) is 0 Å². The van der Waals surface area contributed by atoms with Crippen LogP contribution in [-0.4, -0.2) is 72.2 Å². The largest absolute Gasteiger partial charge is 0.395 e. The molecule has 202 valence electrons. The lowest BCUT2D eigenvalue weighted by atomic mass is 9.90. The first kappa shape index (κ1) is 26.6. The average Bonchev–Trinajstić information content (AvgIpc) is 3.29. The minimum absolute atomic E-state index is 0.00116. The molecule has 2 aromatic carbocycles. The van der Waals surface area contributed by atoms with Crippen LogP contribution in [0.25, 0.3) is 5.57 Å². The lowest BCUT2D eigenvalue weighted by molar-refractivity contribution is 0.0504. The molecule has 0 saturated carbocycles. The van der Waals surface area contributed by atoms with E-state index in [9.17, 15) is 14.7 Å². The van der Waals surface area contributed by atoms with Crippen LogP contribution in [0.3, 0.4) is 0 Å². The maximum absolute atomic E-state index is 13.3. The second-order valence-electron chi connectivity index (χ2n) is 11.4. The minimum atomic E-state index is -0.0230. The number of β-amino-alcohol motifs (C(OH)–C–C–N with tert-alkyl or cyclic N) is 1. The Bertz CT molecular complexity index is 1220. The van der Waals surface area contributed by atoms with E-state index in [-0.39, 0.29) is 24.5 Å². The van der Waals surface area contributed by atoms with Crippen molar-refractivity contribution in [2.45, 2.75) is 58.0 Å². The van der Waals surface area contributed by atoms with E-state index in [1.807, 2.05) is 11.0 Å². The molecule has 5 rings (SSSR count). The predicted octanol–water partition coefficient (Wildman–Crippen LogP) is 4.70. The van der Waals surface area contributed by atoms with Gasteiger partial charge in [0, 0.05) is 37.3 Å². The summed E-state index contributed by atoms with van der Waals surface area (Å²) < 4.78 is 6.15. The summed E-state index contributed by atoms with van der Waals surface area (Å²) in [5.41, 5.74) is 7.02. The van der Waals surface area contributed by atoms with Crippen LogP contribution in [0.1, 0.15) is 82.0 Å². The second kappa shape index (κ2) is 11.4. The number of hydrogen-bond donors (Lipinski definition) is 1. The van der Waals surface area contributed by atoms with Crippen molar-refractivity contribution >= 4 is 17.4 Å². The van der Waals surface area contributed by atoms with Gasteiger partial charge in [-0.05, 0) is 83.9 Å². The van der Waals surface area contributed by atoms with Crippen molar-refractivity contribution in [2.75, 3.05) is 39.4 Å². The summed E-state index contributed by atoms with van der Waals surface area (Å²) in [6.07, 6.45) is 4.40. The number of amides is 2. The zero-order valence-corrected chi connectivity index (χ0v) is 22.7. The fraction of sp³-hybridized carbons (Fsp3) is 0.500. The lowest BCUT2D eigenvalue weighted by Gasteiger charge is -2.31. The monoisotopic (exact) mass is 516 g/mol. The normalized spacial score (nSPS) is 21.5. The number of aryl methyl sites for hydroxylation is 1. The molecule has 1 saturated heterocycles. The van der Waals surface area contributed by atoms with E-state index < -0.39 is 0 Å². The predicted molar refractivity (Wildman–Crippen MR) is 149 cm³/mol. The molecule has 0 radical (unpaired) electrons. The molecule has 0 bridgehead atoms. The van der Waals surface area contributed by atoms with Crippen LogP contribution in [-0.2, 0) is 17.6 Å². The highest BCUT2D eigenvalue weighted by molar-refractivity contribution is 5.97. The fourth-order valence-electron chi connectivity index (χ4n) is 6.11. The van der Waals surface area contributed by atoms with Crippen molar-refractivity contribution in [1.29, 1.82) is 0 Å². The molecule has 38 heavy (non-hydrogen) atoms. The maximum atomic E-state index is 13.3. The minimum Gasteiger partial charge on any atom is -0.395 e. The Labute approximate surface area is 226 Å². The Morgan fingerprint density at radius 3 is 2.55 bits per heavy atom. The molecule has 6 heteroatoms. The zero-order valence-electron chi connectivity index (χ0n) is 22.7. The third-order valence-electron chi connectivity index (χ3n) is 8.37. The van der Waals surface area contributed by atoms with Crippen LogP contribution in [0.2, 0.25) is 0 Å². The summed E-state index contributed by atoms with van der Waals surface area (Å²) in [6.45, 7) is 11.7. The van der Waals surface area contributed by atoms with Crippen LogP contribution in [0.4, 0.5) is 0 Å². The topological polar surface area (TPSA) is 70.1 Å². The van der Waals surface area contributed by atoms with Gasteiger partial charge in [0.2, 0.25) is 0 Å². The Balaban J connectivity index is 1.19. The van der Waals surface area contributed by atoms with E-state index in [1.165, 1.54) is 5.56 Å². The lowest BCUT2D eigenvalue weighted by Crippen LogP contribution is -2.42. The Kier molecular flexibility index (Phi) is 8.01. The first-order valence-corrected chi connectivity index (χ1v) is 14.1. The number of carbonyl (C=O) groups is 2. The molecule has 2 atom stereocenters. The molecule has 1 fully saturated rings. The third-order valence-corrected chi connectivity index (χ3v) is 8.37. The van der Waals surface area contributed by atoms with Gasteiger partial charge in [-0.2, -0.15) is 0 Å². The third kappa shape index (κ3) is 5.57. The van der Waals surface area contributed by atoms with Gasteiger partial charge in [-0.1, -0.05) is 44.7 Å². The molecule has 6 nitrogen and oxygen atoms in total. The van der Waals surface area contributed by atoms with Crippen molar-refractivity contribution in [1.82, 2.24) is 9.80 Å². The number of aliphatic hydroxyl groups excluding tert-OH is 1. The summed E-state index contributed by atoms with van der Waals surface area (Å²) in [6, 6.07) is 12.5. The zero-order chi connectivity index (χ0) is 26.8. The van der Waals surface area contributed by atoms with Gasteiger partial charge in [0.25, 0.3) is 11.8 Å². The van der Waals surface area contributed by atoms with Crippen molar-refractivity contribution in [3.63, 3.8) is 0 Å². The highest BCUT2D eigenvalue weighted by Crippen LogP contribution is 2.32. The molecule has 0 aliphatic carbocycles.